The Morgan fingerprint density at radius 3 is 2.00 bits per heavy atom. The average Bonchev–Trinajstić information content (AvgIpc) is 2.25. The van der Waals surface area contributed by atoms with Gasteiger partial charge in [0.05, 0.1) is 11.8 Å². The highest BCUT2D eigenvalue weighted by Gasteiger charge is 2.29. The van der Waals surface area contributed by atoms with E-state index in [2.05, 4.69) is 5.92 Å². The van der Waals surface area contributed by atoms with Gasteiger partial charge in [-0.3, -0.25) is 9.59 Å². The molecule has 1 aromatic rings. The topological polar surface area (TPSA) is 34.1 Å². The van der Waals surface area contributed by atoms with Crippen molar-refractivity contribution in [3.05, 3.63) is 35.9 Å². The number of hydrogen-bond donors (Lipinski definition) is 0. The van der Waals surface area contributed by atoms with E-state index in [-0.39, 0.29) is 11.6 Å². The van der Waals surface area contributed by atoms with E-state index in [4.69, 9.17) is 6.42 Å². The number of Topliss-reactive ketones (excluding diaryl/α,β-unsaturated/α-hetero) is 2. The van der Waals surface area contributed by atoms with Crippen molar-refractivity contribution in [3.8, 4) is 12.3 Å². The van der Waals surface area contributed by atoms with E-state index in [0.29, 0.717) is 0 Å². The molecule has 82 valence electrons. The summed E-state index contributed by atoms with van der Waals surface area (Å²) in [6, 6.07) is 9.23. The highest BCUT2D eigenvalue weighted by molar-refractivity contribution is 6.01. The van der Waals surface area contributed by atoms with Crippen molar-refractivity contribution in [2.24, 2.45) is 5.92 Å². The molecule has 0 saturated heterocycles. The van der Waals surface area contributed by atoms with Gasteiger partial charge in [0.1, 0.15) is 11.6 Å². The van der Waals surface area contributed by atoms with Crippen LogP contribution in [0.5, 0.6) is 0 Å². The summed E-state index contributed by atoms with van der Waals surface area (Å²) < 4.78 is 0. The number of ketones is 2. The van der Waals surface area contributed by atoms with Gasteiger partial charge >= 0.3 is 0 Å². The minimum Gasteiger partial charge on any atom is -0.299 e. The summed E-state index contributed by atoms with van der Waals surface area (Å²) >= 11 is 0. The molecule has 0 heterocycles. The van der Waals surface area contributed by atoms with Crippen molar-refractivity contribution in [3.63, 3.8) is 0 Å². The average molecular weight is 214 g/mol. The van der Waals surface area contributed by atoms with Gasteiger partial charge in [0.2, 0.25) is 0 Å². The van der Waals surface area contributed by atoms with Crippen LogP contribution in [0.1, 0.15) is 25.3 Å². The molecule has 0 aliphatic heterocycles. The van der Waals surface area contributed by atoms with Crippen molar-refractivity contribution in [1.29, 1.82) is 0 Å². The molecule has 2 nitrogen and oxygen atoms in total. The molecular weight excluding hydrogens is 200 g/mol. The molecule has 0 amide bonds. The fourth-order valence-electron chi connectivity index (χ4n) is 1.80. The Morgan fingerprint density at radius 2 is 1.62 bits per heavy atom. The third-order valence-corrected chi connectivity index (χ3v) is 2.55. The molecule has 0 fully saturated rings. The molecule has 2 heteroatoms. The molecule has 0 N–H and O–H groups in total. The van der Waals surface area contributed by atoms with E-state index in [0.717, 1.165) is 5.56 Å². The Bertz CT molecular complexity index is 412. The summed E-state index contributed by atoms with van der Waals surface area (Å²) in [6.07, 6.45) is 5.43. The van der Waals surface area contributed by atoms with Crippen molar-refractivity contribution in [2.45, 2.75) is 19.8 Å². The lowest BCUT2D eigenvalue weighted by Crippen LogP contribution is -2.26. The van der Waals surface area contributed by atoms with E-state index in [9.17, 15) is 9.59 Å². The molecule has 0 aliphatic carbocycles. The van der Waals surface area contributed by atoms with Gasteiger partial charge in [-0.15, -0.1) is 6.42 Å². The second-order valence-corrected chi connectivity index (χ2v) is 3.75. The van der Waals surface area contributed by atoms with Crippen molar-refractivity contribution >= 4 is 11.6 Å². The second-order valence-electron chi connectivity index (χ2n) is 3.75. The zero-order chi connectivity index (χ0) is 12.1. The first kappa shape index (κ1) is 12.2. The lowest BCUT2D eigenvalue weighted by molar-refractivity contribution is -0.130. The van der Waals surface area contributed by atoms with Gasteiger partial charge in [0.25, 0.3) is 0 Å². The third-order valence-electron chi connectivity index (χ3n) is 2.55. The quantitative estimate of drug-likeness (QED) is 0.568. The Balaban J connectivity index is 3.12. The van der Waals surface area contributed by atoms with Crippen LogP contribution in [0.4, 0.5) is 0 Å². The van der Waals surface area contributed by atoms with Gasteiger partial charge in [0, 0.05) is 0 Å². The van der Waals surface area contributed by atoms with Crippen molar-refractivity contribution in [2.75, 3.05) is 0 Å². The predicted octanol–water partition coefficient (Wildman–Crippen LogP) is 2.20. The molecule has 0 bridgehead atoms. The fraction of sp³-hybridized carbons (Fsp3) is 0.286. The number of benzene rings is 1. The number of carbonyl (C=O) groups is 2. The normalized spacial score (nSPS) is 11.9. The zero-order valence-electron chi connectivity index (χ0n) is 9.44. The first-order chi connectivity index (χ1) is 7.57. The van der Waals surface area contributed by atoms with Crippen molar-refractivity contribution in [1.82, 2.24) is 0 Å². The van der Waals surface area contributed by atoms with Crippen LogP contribution >= 0.6 is 0 Å². The first-order valence-corrected chi connectivity index (χ1v) is 5.10. The van der Waals surface area contributed by atoms with Gasteiger partial charge < -0.3 is 0 Å². The summed E-state index contributed by atoms with van der Waals surface area (Å²) in [4.78, 5) is 22.9. The summed E-state index contributed by atoms with van der Waals surface area (Å²) in [5.41, 5.74) is 0.834. The Morgan fingerprint density at radius 1 is 1.12 bits per heavy atom. The smallest absolute Gasteiger partial charge is 0.141 e. The molecular formula is C14H14O2. The molecule has 1 aromatic carbocycles. The van der Waals surface area contributed by atoms with E-state index in [1.807, 2.05) is 30.3 Å². The lowest BCUT2D eigenvalue weighted by Gasteiger charge is -2.18. The van der Waals surface area contributed by atoms with Gasteiger partial charge in [0.15, 0.2) is 0 Å². The maximum Gasteiger partial charge on any atom is 0.141 e. The molecule has 0 saturated carbocycles. The second kappa shape index (κ2) is 5.27. The Hall–Kier alpha value is -1.88. The summed E-state index contributed by atoms with van der Waals surface area (Å²) in [5.74, 6) is 0.986. The Kier molecular flexibility index (Phi) is 4.02. The van der Waals surface area contributed by atoms with Gasteiger partial charge in [-0.2, -0.15) is 0 Å². The summed E-state index contributed by atoms with van der Waals surface area (Å²) in [5, 5.41) is 0. The van der Waals surface area contributed by atoms with Crippen LogP contribution < -0.4 is 0 Å². The fourth-order valence-corrected chi connectivity index (χ4v) is 1.80. The van der Waals surface area contributed by atoms with Crippen LogP contribution in [0.15, 0.2) is 30.3 Å². The minimum atomic E-state index is -0.729. The molecule has 1 unspecified atom stereocenters. The third kappa shape index (κ3) is 2.58. The largest absolute Gasteiger partial charge is 0.299 e. The number of terminal acetylenes is 1. The predicted molar refractivity (Wildman–Crippen MR) is 62.9 cm³/mol. The summed E-state index contributed by atoms with van der Waals surface area (Å²) in [6.45, 7) is 2.80. The maximum absolute atomic E-state index is 11.4. The SMILES string of the molecule is C#CC(c1ccccc1)C(C(C)=O)C(C)=O. The molecule has 0 aliphatic rings. The lowest BCUT2D eigenvalue weighted by atomic mass is 9.82. The number of carbonyl (C=O) groups excluding carboxylic acids is 2. The first-order valence-electron chi connectivity index (χ1n) is 5.10. The van der Waals surface area contributed by atoms with Crippen LogP contribution in [0.25, 0.3) is 0 Å². The van der Waals surface area contributed by atoms with E-state index in [1.54, 1.807) is 0 Å². The maximum atomic E-state index is 11.4. The highest BCUT2D eigenvalue weighted by atomic mass is 16.1. The highest BCUT2D eigenvalue weighted by Crippen LogP contribution is 2.25. The van der Waals surface area contributed by atoms with Crippen LogP contribution in [0.2, 0.25) is 0 Å². The molecule has 16 heavy (non-hydrogen) atoms. The van der Waals surface area contributed by atoms with Crippen molar-refractivity contribution < 1.29 is 9.59 Å². The van der Waals surface area contributed by atoms with Crippen LogP contribution in [-0.4, -0.2) is 11.6 Å². The standard InChI is InChI=1S/C14H14O2/c1-4-13(12-8-6-5-7-9-12)14(10(2)15)11(3)16/h1,5-9,13-14H,2-3H3. The minimum absolute atomic E-state index is 0.181. The Labute approximate surface area is 95.7 Å². The van der Waals surface area contributed by atoms with Crippen LogP contribution in [0.3, 0.4) is 0 Å². The molecule has 1 rings (SSSR count). The number of rotatable bonds is 4. The van der Waals surface area contributed by atoms with Gasteiger partial charge in [-0.1, -0.05) is 36.3 Å². The van der Waals surface area contributed by atoms with E-state index >= 15 is 0 Å². The molecule has 0 radical (unpaired) electrons. The monoisotopic (exact) mass is 214 g/mol. The zero-order valence-corrected chi connectivity index (χ0v) is 9.44. The summed E-state index contributed by atoms with van der Waals surface area (Å²) in [7, 11) is 0. The molecule has 0 aromatic heterocycles. The van der Waals surface area contributed by atoms with Gasteiger partial charge in [-0.25, -0.2) is 0 Å². The number of hydrogen-bond acceptors (Lipinski definition) is 2. The van der Waals surface area contributed by atoms with E-state index in [1.165, 1.54) is 13.8 Å². The van der Waals surface area contributed by atoms with Crippen LogP contribution in [0, 0.1) is 18.3 Å². The molecule has 1 atom stereocenters. The molecule has 0 spiro atoms. The van der Waals surface area contributed by atoms with Gasteiger partial charge in [-0.05, 0) is 19.4 Å². The van der Waals surface area contributed by atoms with Crippen LogP contribution in [-0.2, 0) is 9.59 Å². The van der Waals surface area contributed by atoms with E-state index < -0.39 is 11.8 Å².